The normalized spacial score (nSPS) is 22.9. The molecule has 1 aliphatic heterocycles. The number of hydrogen-bond donors (Lipinski definition) is 2. The van der Waals surface area contributed by atoms with Crippen LogP contribution in [0.2, 0.25) is 0 Å². The first-order valence-corrected chi connectivity index (χ1v) is 2.82. The SMILES string of the molecule is NNC1=CC=COC1C=O. The summed E-state index contributed by atoms with van der Waals surface area (Å²) in [6.45, 7) is 0. The van der Waals surface area contributed by atoms with Gasteiger partial charge in [0.25, 0.3) is 0 Å². The van der Waals surface area contributed by atoms with E-state index in [2.05, 4.69) is 5.43 Å². The van der Waals surface area contributed by atoms with Crippen LogP contribution in [0.25, 0.3) is 0 Å². The third-order valence-electron chi connectivity index (χ3n) is 1.18. The minimum absolute atomic E-state index is 0.567. The van der Waals surface area contributed by atoms with Crippen LogP contribution in [0.4, 0.5) is 0 Å². The zero-order valence-electron chi connectivity index (χ0n) is 5.28. The molecule has 0 bridgehead atoms. The number of allylic oxidation sites excluding steroid dienone is 2. The molecule has 0 aromatic carbocycles. The molecule has 4 heteroatoms. The maximum atomic E-state index is 10.2. The molecule has 0 radical (unpaired) electrons. The molecule has 10 heavy (non-hydrogen) atoms. The van der Waals surface area contributed by atoms with E-state index in [1.54, 1.807) is 12.2 Å². The lowest BCUT2D eigenvalue weighted by molar-refractivity contribution is -0.113. The van der Waals surface area contributed by atoms with E-state index >= 15 is 0 Å². The molecule has 1 heterocycles. The van der Waals surface area contributed by atoms with Crippen molar-refractivity contribution < 1.29 is 9.53 Å². The van der Waals surface area contributed by atoms with E-state index in [1.165, 1.54) is 6.26 Å². The Labute approximate surface area is 58.3 Å². The molecule has 54 valence electrons. The first kappa shape index (κ1) is 6.82. The Bertz CT molecular complexity index is 186. The van der Waals surface area contributed by atoms with Crippen LogP contribution in [0.5, 0.6) is 0 Å². The van der Waals surface area contributed by atoms with Crippen molar-refractivity contribution in [1.82, 2.24) is 5.43 Å². The second-order valence-electron chi connectivity index (χ2n) is 1.79. The second kappa shape index (κ2) is 3.03. The van der Waals surface area contributed by atoms with Gasteiger partial charge in [0.05, 0.1) is 12.0 Å². The highest BCUT2D eigenvalue weighted by molar-refractivity contribution is 5.62. The topological polar surface area (TPSA) is 64.3 Å². The van der Waals surface area contributed by atoms with Crippen molar-refractivity contribution in [2.45, 2.75) is 6.10 Å². The number of nitrogens with two attached hydrogens (primary N) is 1. The van der Waals surface area contributed by atoms with Crippen molar-refractivity contribution in [2.75, 3.05) is 0 Å². The van der Waals surface area contributed by atoms with Crippen LogP contribution in [0.15, 0.2) is 24.1 Å². The number of carbonyl (C=O) groups is 1. The smallest absolute Gasteiger partial charge is 0.193 e. The Morgan fingerprint density at radius 1 is 1.80 bits per heavy atom. The van der Waals surface area contributed by atoms with Gasteiger partial charge < -0.3 is 10.2 Å². The molecule has 1 aliphatic rings. The number of hydrogen-bond acceptors (Lipinski definition) is 4. The maximum Gasteiger partial charge on any atom is 0.193 e. The molecule has 0 aromatic heterocycles. The van der Waals surface area contributed by atoms with Gasteiger partial charge in [-0.15, -0.1) is 0 Å². The first-order valence-electron chi connectivity index (χ1n) is 2.82. The predicted molar refractivity (Wildman–Crippen MR) is 35.5 cm³/mol. The van der Waals surface area contributed by atoms with Crippen molar-refractivity contribution in [3.8, 4) is 0 Å². The summed E-state index contributed by atoms with van der Waals surface area (Å²) in [6.07, 6.45) is 4.89. The summed E-state index contributed by atoms with van der Waals surface area (Å²) in [4.78, 5) is 10.2. The van der Waals surface area contributed by atoms with Crippen molar-refractivity contribution in [3.63, 3.8) is 0 Å². The highest BCUT2D eigenvalue weighted by Crippen LogP contribution is 2.05. The molecule has 0 saturated carbocycles. The van der Waals surface area contributed by atoms with Crippen LogP contribution in [0.1, 0.15) is 0 Å². The van der Waals surface area contributed by atoms with E-state index in [0.29, 0.717) is 12.0 Å². The van der Waals surface area contributed by atoms with Gasteiger partial charge in [0, 0.05) is 0 Å². The minimum Gasteiger partial charge on any atom is -0.484 e. The average molecular weight is 140 g/mol. The third-order valence-corrected chi connectivity index (χ3v) is 1.18. The average Bonchev–Trinajstić information content (AvgIpc) is 2.04. The molecule has 0 aliphatic carbocycles. The van der Waals surface area contributed by atoms with Gasteiger partial charge in [-0.3, -0.25) is 10.6 Å². The van der Waals surface area contributed by atoms with Gasteiger partial charge >= 0.3 is 0 Å². The Balaban J connectivity index is 2.69. The third kappa shape index (κ3) is 1.16. The highest BCUT2D eigenvalue weighted by Gasteiger charge is 2.13. The lowest BCUT2D eigenvalue weighted by Gasteiger charge is -2.15. The summed E-state index contributed by atoms with van der Waals surface area (Å²) in [5, 5.41) is 0. The predicted octanol–water partition coefficient (Wildman–Crippen LogP) is -0.555. The Kier molecular flexibility index (Phi) is 2.07. The van der Waals surface area contributed by atoms with Gasteiger partial charge in [-0.2, -0.15) is 0 Å². The van der Waals surface area contributed by atoms with Gasteiger partial charge in [0.2, 0.25) is 0 Å². The van der Waals surface area contributed by atoms with E-state index < -0.39 is 6.10 Å². The van der Waals surface area contributed by atoms with Crippen LogP contribution >= 0.6 is 0 Å². The van der Waals surface area contributed by atoms with Gasteiger partial charge in [-0.05, 0) is 12.2 Å². The Morgan fingerprint density at radius 2 is 2.60 bits per heavy atom. The molecule has 0 fully saturated rings. The van der Waals surface area contributed by atoms with Crippen LogP contribution in [0.3, 0.4) is 0 Å². The summed E-state index contributed by atoms with van der Waals surface area (Å²) >= 11 is 0. The number of ether oxygens (including phenoxy) is 1. The number of carbonyl (C=O) groups excluding carboxylic acids is 1. The maximum absolute atomic E-state index is 10.2. The van der Waals surface area contributed by atoms with E-state index in [9.17, 15) is 4.79 Å². The van der Waals surface area contributed by atoms with Crippen molar-refractivity contribution in [2.24, 2.45) is 5.84 Å². The van der Waals surface area contributed by atoms with Crippen LogP contribution < -0.4 is 11.3 Å². The summed E-state index contributed by atoms with van der Waals surface area (Å²) in [5.41, 5.74) is 2.93. The molecular formula is C6H8N2O2. The summed E-state index contributed by atoms with van der Waals surface area (Å²) in [7, 11) is 0. The van der Waals surface area contributed by atoms with E-state index in [4.69, 9.17) is 10.6 Å². The Morgan fingerprint density at radius 3 is 3.10 bits per heavy atom. The standard InChI is InChI=1S/C6H8N2O2/c7-8-5-2-1-3-10-6(5)4-9/h1-4,6,8H,7H2. The summed E-state index contributed by atoms with van der Waals surface area (Å²) in [6, 6.07) is 0. The molecule has 1 rings (SSSR count). The molecule has 0 spiro atoms. The zero-order valence-corrected chi connectivity index (χ0v) is 5.28. The minimum atomic E-state index is -0.574. The molecule has 4 nitrogen and oxygen atoms in total. The van der Waals surface area contributed by atoms with Gasteiger partial charge in [0.1, 0.15) is 0 Å². The van der Waals surface area contributed by atoms with Crippen molar-refractivity contribution >= 4 is 6.29 Å². The van der Waals surface area contributed by atoms with Crippen molar-refractivity contribution in [3.05, 3.63) is 24.1 Å². The summed E-state index contributed by atoms with van der Waals surface area (Å²) < 4.78 is 4.87. The largest absolute Gasteiger partial charge is 0.484 e. The highest BCUT2D eigenvalue weighted by atomic mass is 16.5. The number of hydrazine groups is 1. The van der Waals surface area contributed by atoms with Crippen LogP contribution in [-0.4, -0.2) is 12.4 Å². The molecule has 1 unspecified atom stereocenters. The molecule has 0 amide bonds. The fourth-order valence-corrected chi connectivity index (χ4v) is 0.677. The lowest BCUT2D eigenvalue weighted by atomic mass is 10.2. The van der Waals surface area contributed by atoms with Crippen LogP contribution in [0, 0.1) is 0 Å². The summed E-state index contributed by atoms with van der Waals surface area (Å²) in [5.74, 6) is 5.08. The molecule has 1 atom stereocenters. The van der Waals surface area contributed by atoms with Gasteiger partial charge in [-0.1, -0.05) is 0 Å². The number of rotatable bonds is 2. The molecule has 0 saturated heterocycles. The molecule has 3 N–H and O–H groups in total. The lowest BCUT2D eigenvalue weighted by Crippen LogP contribution is -2.32. The van der Waals surface area contributed by atoms with E-state index in [-0.39, 0.29) is 0 Å². The van der Waals surface area contributed by atoms with Gasteiger partial charge in [-0.25, -0.2) is 0 Å². The van der Waals surface area contributed by atoms with Crippen molar-refractivity contribution in [1.29, 1.82) is 0 Å². The molecular weight excluding hydrogens is 132 g/mol. The van der Waals surface area contributed by atoms with E-state index in [1.807, 2.05) is 0 Å². The van der Waals surface area contributed by atoms with Gasteiger partial charge in [0.15, 0.2) is 12.4 Å². The number of aldehydes is 1. The Hall–Kier alpha value is -1.29. The number of nitrogens with one attached hydrogen (secondary N) is 1. The quantitative estimate of drug-likeness (QED) is 0.307. The second-order valence-corrected chi connectivity index (χ2v) is 1.79. The fourth-order valence-electron chi connectivity index (χ4n) is 0.677. The fraction of sp³-hybridized carbons (Fsp3) is 0.167. The molecule has 0 aromatic rings. The van der Waals surface area contributed by atoms with Crippen LogP contribution in [-0.2, 0) is 9.53 Å². The van der Waals surface area contributed by atoms with E-state index in [0.717, 1.165) is 0 Å². The first-order chi connectivity index (χ1) is 4.88. The zero-order chi connectivity index (χ0) is 7.40. The monoisotopic (exact) mass is 140 g/mol.